The molecule has 0 unspecified atom stereocenters. The van der Waals surface area contributed by atoms with Crippen molar-refractivity contribution in [2.45, 2.75) is 25.8 Å². The van der Waals surface area contributed by atoms with Gasteiger partial charge in [-0.1, -0.05) is 29.8 Å². The minimum absolute atomic E-state index is 0.0309. The number of hydrogen-bond acceptors (Lipinski definition) is 1. The van der Waals surface area contributed by atoms with Crippen molar-refractivity contribution in [3.8, 4) is 11.1 Å². The summed E-state index contributed by atoms with van der Waals surface area (Å²) in [5.41, 5.74) is 4.20. The first kappa shape index (κ1) is 12.0. The Morgan fingerprint density at radius 1 is 1.21 bits per heavy atom. The summed E-state index contributed by atoms with van der Waals surface area (Å²) < 4.78 is 1.90. The molecule has 2 aromatic rings. The number of nitrogens with one attached hydrogen (secondary N) is 1. The number of benzene rings is 1. The van der Waals surface area contributed by atoms with Crippen LogP contribution in [0.15, 0.2) is 36.5 Å². The lowest BCUT2D eigenvalue weighted by atomic mass is 10.1. The standard InChI is InChI=1S/C16H18N2O/c1-11-3-5-12(6-4-11)13-9-15(18(2)10-13)16(19)17-14-7-8-14/h3-6,9-10,14H,7-8H2,1-2H3,(H,17,19). The van der Waals surface area contributed by atoms with Gasteiger partial charge in [-0.25, -0.2) is 0 Å². The molecule has 0 aliphatic heterocycles. The summed E-state index contributed by atoms with van der Waals surface area (Å²) in [6, 6.07) is 10.7. The highest BCUT2D eigenvalue weighted by Gasteiger charge is 2.25. The number of nitrogens with zero attached hydrogens (tertiary/aromatic N) is 1. The molecule has 1 aromatic carbocycles. The van der Waals surface area contributed by atoms with Crippen molar-refractivity contribution in [3.63, 3.8) is 0 Å². The van der Waals surface area contributed by atoms with E-state index in [9.17, 15) is 4.79 Å². The smallest absolute Gasteiger partial charge is 0.268 e. The van der Waals surface area contributed by atoms with Crippen LogP contribution in [0, 0.1) is 6.92 Å². The van der Waals surface area contributed by atoms with E-state index in [4.69, 9.17) is 0 Å². The minimum Gasteiger partial charge on any atom is -0.348 e. The maximum absolute atomic E-state index is 12.1. The molecule has 98 valence electrons. The first-order chi connectivity index (χ1) is 9.13. The molecule has 19 heavy (non-hydrogen) atoms. The van der Waals surface area contributed by atoms with E-state index in [1.807, 2.05) is 23.9 Å². The fourth-order valence-electron chi connectivity index (χ4n) is 2.18. The molecule has 3 heteroatoms. The Kier molecular flexibility index (Phi) is 2.90. The molecule has 1 heterocycles. The van der Waals surface area contributed by atoms with Crippen molar-refractivity contribution >= 4 is 5.91 Å². The summed E-state index contributed by atoms with van der Waals surface area (Å²) in [7, 11) is 1.92. The molecule has 0 saturated heterocycles. The quantitative estimate of drug-likeness (QED) is 0.897. The first-order valence-corrected chi connectivity index (χ1v) is 6.68. The Hall–Kier alpha value is -2.03. The number of carbonyl (C=O) groups is 1. The molecule has 1 aromatic heterocycles. The van der Waals surface area contributed by atoms with Gasteiger partial charge in [0.05, 0.1) is 0 Å². The predicted molar refractivity (Wildman–Crippen MR) is 76.1 cm³/mol. The van der Waals surface area contributed by atoms with Crippen LogP contribution in [0.3, 0.4) is 0 Å². The number of rotatable bonds is 3. The molecule has 0 bridgehead atoms. The van der Waals surface area contributed by atoms with Crippen LogP contribution in [0.2, 0.25) is 0 Å². The number of aromatic nitrogens is 1. The zero-order valence-corrected chi connectivity index (χ0v) is 11.3. The summed E-state index contributed by atoms with van der Waals surface area (Å²) in [6.07, 6.45) is 4.23. The zero-order chi connectivity index (χ0) is 13.4. The van der Waals surface area contributed by atoms with Crippen LogP contribution in [0.5, 0.6) is 0 Å². The lowest BCUT2D eigenvalue weighted by molar-refractivity contribution is 0.0943. The van der Waals surface area contributed by atoms with E-state index in [2.05, 4.69) is 36.5 Å². The molecule has 0 spiro atoms. The summed E-state index contributed by atoms with van der Waals surface area (Å²) in [4.78, 5) is 12.1. The van der Waals surface area contributed by atoms with Crippen molar-refractivity contribution in [1.82, 2.24) is 9.88 Å². The van der Waals surface area contributed by atoms with Gasteiger partial charge in [0, 0.05) is 24.8 Å². The molecule has 0 radical (unpaired) electrons. The molecule has 1 aliphatic rings. The van der Waals surface area contributed by atoms with Gasteiger partial charge >= 0.3 is 0 Å². The Labute approximate surface area is 113 Å². The largest absolute Gasteiger partial charge is 0.348 e. The Morgan fingerprint density at radius 3 is 2.53 bits per heavy atom. The molecule has 1 saturated carbocycles. The molecule has 1 N–H and O–H groups in total. The highest BCUT2D eigenvalue weighted by Crippen LogP contribution is 2.23. The Bertz CT molecular complexity index is 606. The highest BCUT2D eigenvalue weighted by molar-refractivity contribution is 5.94. The van der Waals surface area contributed by atoms with Gasteiger partial charge < -0.3 is 9.88 Å². The van der Waals surface area contributed by atoms with Gasteiger partial charge in [0.25, 0.3) is 5.91 Å². The first-order valence-electron chi connectivity index (χ1n) is 6.68. The van der Waals surface area contributed by atoms with Crippen LogP contribution in [0.4, 0.5) is 0 Å². The molecule has 0 atom stereocenters. The third-order valence-electron chi connectivity index (χ3n) is 3.54. The summed E-state index contributed by atoms with van der Waals surface area (Å²) in [6.45, 7) is 2.07. The fraction of sp³-hybridized carbons (Fsp3) is 0.312. The third-order valence-corrected chi connectivity index (χ3v) is 3.54. The molecular weight excluding hydrogens is 236 g/mol. The van der Waals surface area contributed by atoms with Crippen molar-refractivity contribution < 1.29 is 4.79 Å². The van der Waals surface area contributed by atoms with Crippen molar-refractivity contribution in [2.75, 3.05) is 0 Å². The minimum atomic E-state index is 0.0309. The average Bonchev–Trinajstić information content (AvgIpc) is 3.11. The Balaban J connectivity index is 1.87. The second kappa shape index (κ2) is 4.57. The van der Waals surface area contributed by atoms with E-state index in [1.54, 1.807) is 0 Å². The topological polar surface area (TPSA) is 34.0 Å². The van der Waals surface area contributed by atoms with Crippen molar-refractivity contribution in [1.29, 1.82) is 0 Å². The second-order valence-electron chi connectivity index (χ2n) is 5.34. The van der Waals surface area contributed by atoms with Gasteiger partial charge in [0.2, 0.25) is 0 Å². The van der Waals surface area contributed by atoms with Crippen LogP contribution in [0.25, 0.3) is 11.1 Å². The van der Waals surface area contributed by atoms with E-state index >= 15 is 0 Å². The number of amides is 1. The van der Waals surface area contributed by atoms with Gasteiger partial charge in [-0.15, -0.1) is 0 Å². The summed E-state index contributed by atoms with van der Waals surface area (Å²) in [5, 5.41) is 3.03. The fourth-order valence-corrected chi connectivity index (χ4v) is 2.18. The van der Waals surface area contributed by atoms with E-state index in [-0.39, 0.29) is 5.91 Å². The van der Waals surface area contributed by atoms with Gasteiger partial charge in [0.15, 0.2) is 0 Å². The monoisotopic (exact) mass is 254 g/mol. The number of hydrogen-bond donors (Lipinski definition) is 1. The van der Waals surface area contributed by atoms with Crippen molar-refractivity contribution in [3.05, 3.63) is 47.8 Å². The SMILES string of the molecule is Cc1ccc(-c2cc(C(=O)NC3CC3)n(C)c2)cc1. The molecule has 1 aliphatic carbocycles. The van der Waals surface area contributed by atoms with Gasteiger partial charge in [-0.2, -0.15) is 0 Å². The van der Waals surface area contributed by atoms with E-state index in [1.165, 1.54) is 5.56 Å². The van der Waals surface area contributed by atoms with Crippen LogP contribution in [-0.2, 0) is 7.05 Å². The molecule has 3 nitrogen and oxygen atoms in total. The molecular formula is C16H18N2O. The lowest BCUT2D eigenvalue weighted by Gasteiger charge is -2.03. The van der Waals surface area contributed by atoms with Crippen LogP contribution >= 0.6 is 0 Å². The van der Waals surface area contributed by atoms with E-state index in [0.29, 0.717) is 6.04 Å². The van der Waals surface area contributed by atoms with Crippen LogP contribution in [0.1, 0.15) is 28.9 Å². The molecule has 3 rings (SSSR count). The average molecular weight is 254 g/mol. The maximum Gasteiger partial charge on any atom is 0.268 e. The number of carbonyl (C=O) groups excluding carboxylic acids is 1. The van der Waals surface area contributed by atoms with Gasteiger partial charge in [0.1, 0.15) is 5.69 Å². The second-order valence-corrected chi connectivity index (χ2v) is 5.34. The van der Waals surface area contributed by atoms with Crippen LogP contribution < -0.4 is 5.32 Å². The van der Waals surface area contributed by atoms with Crippen molar-refractivity contribution in [2.24, 2.45) is 7.05 Å². The Morgan fingerprint density at radius 2 is 1.89 bits per heavy atom. The highest BCUT2D eigenvalue weighted by atomic mass is 16.2. The normalized spacial score (nSPS) is 14.4. The molecule has 1 amide bonds. The van der Waals surface area contributed by atoms with Crippen LogP contribution in [-0.4, -0.2) is 16.5 Å². The maximum atomic E-state index is 12.1. The third kappa shape index (κ3) is 2.55. The van der Waals surface area contributed by atoms with Gasteiger partial charge in [-0.05, 0) is 31.4 Å². The molecule has 1 fully saturated rings. The number of aryl methyl sites for hydroxylation is 2. The summed E-state index contributed by atoms with van der Waals surface area (Å²) >= 11 is 0. The lowest BCUT2D eigenvalue weighted by Crippen LogP contribution is -2.27. The zero-order valence-electron chi connectivity index (χ0n) is 11.3. The predicted octanol–water partition coefficient (Wildman–Crippen LogP) is 2.89. The van der Waals surface area contributed by atoms with Gasteiger partial charge in [-0.3, -0.25) is 4.79 Å². The van der Waals surface area contributed by atoms with E-state index in [0.717, 1.165) is 29.7 Å². The van der Waals surface area contributed by atoms with E-state index < -0.39 is 0 Å². The summed E-state index contributed by atoms with van der Waals surface area (Å²) in [5.74, 6) is 0.0309.